The number of aryl methyl sites for hydroxylation is 1. The van der Waals surface area contributed by atoms with E-state index >= 15 is 0 Å². The zero-order valence-corrected chi connectivity index (χ0v) is 21.0. The number of pyridine rings is 1. The topological polar surface area (TPSA) is 118 Å². The number of esters is 1. The molecule has 198 valence electrons. The van der Waals surface area contributed by atoms with Crippen molar-refractivity contribution >= 4 is 23.8 Å². The molecule has 0 radical (unpaired) electrons. The Bertz CT molecular complexity index is 1170. The fourth-order valence-corrected chi connectivity index (χ4v) is 5.02. The molecule has 0 spiro atoms. The summed E-state index contributed by atoms with van der Waals surface area (Å²) in [6, 6.07) is 7.50. The highest BCUT2D eigenvalue weighted by atomic mass is 19.1. The molecule has 1 aromatic heterocycles. The molecular formula is C27H32FN3O6. The van der Waals surface area contributed by atoms with Crippen LogP contribution in [-0.4, -0.2) is 48.3 Å². The third-order valence-corrected chi connectivity index (χ3v) is 7.00. The molecular weight excluding hydrogens is 481 g/mol. The van der Waals surface area contributed by atoms with Crippen LogP contribution in [0.2, 0.25) is 0 Å². The summed E-state index contributed by atoms with van der Waals surface area (Å²) < 4.78 is 24.3. The number of ether oxygens (including phenoxy) is 2. The highest BCUT2D eigenvalue weighted by molar-refractivity contribution is 5.86. The largest absolute Gasteiger partial charge is 0.494 e. The van der Waals surface area contributed by atoms with Crippen LogP contribution in [0.25, 0.3) is 0 Å². The van der Waals surface area contributed by atoms with Gasteiger partial charge in [0.25, 0.3) is 0 Å². The summed E-state index contributed by atoms with van der Waals surface area (Å²) in [4.78, 5) is 42.6. The number of amides is 2. The minimum absolute atomic E-state index is 0.0778. The molecule has 1 saturated carbocycles. The number of nitrogens with one attached hydrogen (secondary N) is 1. The van der Waals surface area contributed by atoms with E-state index in [2.05, 4.69) is 10.3 Å². The summed E-state index contributed by atoms with van der Waals surface area (Å²) in [5.74, 6) is -0.657. The Balaban J connectivity index is 1.37. The van der Waals surface area contributed by atoms with Gasteiger partial charge in [-0.05, 0) is 74.3 Å². The quantitative estimate of drug-likeness (QED) is 0.486. The average molecular weight is 514 g/mol. The lowest BCUT2D eigenvalue weighted by molar-refractivity contribution is -0.144. The minimum Gasteiger partial charge on any atom is -0.494 e. The summed E-state index contributed by atoms with van der Waals surface area (Å²) in [6.45, 7) is 2.35. The maximum absolute atomic E-state index is 14.3. The van der Waals surface area contributed by atoms with Crippen LogP contribution in [0.5, 0.6) is 5.75 Å². The van der Waals surface area contributed by atoms with Crippen molar-refractivity contribution in [3.63, 3.8) is 0 Å². The Morgan fingerprint density at radius 2 is 2.03 bits per heavy atom. The van der Waals surface area contributed by atoms with Gasteiger partial charge in [-0.1, -0.05) is 12.1 Å². The second-order valence-electron chi connectivity index (χ2n) is 9.53. The van der Waals surface area contributed by atoms with E-state index in [4.69, 9.17) is 9.47 Å². The number of hydrogen-bond acceptors (Lipinski definition) is 6. The van der Waals surface area contributed by atoms with E-state index in [-0.39, 0.29) is 36.5 Å². The van der Waals surface area contributed by atoms with Gasteiger partial charge >= 0.3 is 12.1 Å². The van der Waals surface area contributed by atoms with Gasteiger partial charge in [-0.2, -0.15) is 0 Å². The zero-order valence-electron chi connectivity index (χ0n) is 21.0. The number of halogens is 1. The first-order chi connectivity index (χ1) is 17.8. The molecule has 37 heavy (non-hydrogen) atoms. The van der Waals surface area contributed by atoms with Gasteiger partial charge in [0.05, 0.1) is 26.2 Å². The molecule has 2 amide bonds. The third kappa shape index (κ3) is 6.18. The first-order valence-electron chi connectivity index (χ1n) is 12.6. The van der Waals surface area contributed by atoms with Gasteiger partial charge in [0.1, 0.15) is 5.82 Å². The van der Waals surface area contributed by atoms with Crippen molar-refractivity contribution < 1.29 is 33.4 Å². The summed E-state index contributed by atoms with van der Waals surface area (Å²) in [6.07, 6.45) is 2.43. The molecule has 9 nitrogen and oxygen atoms in total. The first-order valence-corrected chi connectivity index (χ1v) is 12.6. The van der Waals surface area contributed by atoms with E-state index in [9.17, 15) is 23.9 Å². The summed E-state index contributed by atoms with van der Waals surface area (Å²) in [7, 11) is 1.37. The van der Waals surface area contributed by atoms with Crippen molar-refractivity contribution in [3.05, 3.63) is 53.0 Å². The predicted octanol–water partition coefficient (Wildman–Crippen LogP) is 4.04. The minimum atomic E-state index is -1.000. The van der Waals surface area contributed by atoms with Crippen LogP contribution in [-0.2, 0) is 27.2 Å². The number of hydrogen-bond donors (Lipinski definition) is 2. The van der Waals surface area contributed by atoms with Crippen LogP contribution >= 0.6 is 0 Å². The summed E-state index contributed by atoms with van der Waals surface area (Å²) in [5.41, 5.74) is 2.20. The molecule has 2 N–H and O–H groups in total. The van der Waals surface area contributed by atoms with Gasteiger partial charge in [-0.25, -0.2) is 14.2 Å². The fraction of sp³-hybridized carbons (Fsp3) is 0.481. The molecule has 10 heteroatoms. The van der Waals surface area contributed by atoms with Crippen molar-refractivity contribution in [1.82, 2.24) is 10.3 Å². The van der Waals surface area contributed by atoms with Gasteiger partial charge < -0.3 is 19.9 Å². The smallest absolute Gasteiger partial charge is 0.413 e. The number of aromatic nitrogens is 1. The first kappa shape index (κ1) is 26.4. The average Bonchev–Trinajstić information content (AvgIpc) is 2.85. The predicted molar refractivity (Wildman–Crippen MR) is 133 cm³/mol. The van der Waals surface area contributed by atoms with Crippen LogP contribution in [0.1, 0.15) is 55.5 Å². The molecule has 1 aliphatic carbocycles. The SMILES string of the molecule is CCOC(=O)C[C@H](NC(=O)C1CC(Cc2ccc3c(n2)N(C(=O)O)CCC3)C1)c1ccc(OC)c(F)c1. The molecule has 2 aromatic rings. The van der Waals surface area contributed by atoms with Crippen LogP contribution in [0.15, 0.2) is 30.3 Å². The van der Waals surface area contributed by atoms with Gasteiger partial charge in [0.15, 0.2) is 11.6 Å². The Hall–Kier alpha value is -3.69. The van der Waals surface area contributed by atoms with E-state index in [0.29, 0.717) is 37.2 Å². The highest BCUT2D eigenvalue weighted by Gasteiger charge is 2.36. The number of carbonyl (C=O) groups excluding carboxylic acids is 2. The molecule has 1 atom stereocenters. The number of methoxy groups -OCH3 is 1. The molecule has 2 heterocycles. The van der Waals surface area contributed by atoms with Crippen LogP contribution < -0.4 is 15.0 Å². The molecule has 0 unspecified atom stereocenters. The fourth-order valence-electron chi connectivity index (χ4n) is 5.02. The van der Waals surface area contributed by atoms with Crippen molar-refractivity contribution in [2.45, 2.75) is 51.5 Å². The second kappa shape index (κ2) is 11.6. The number of anilines is 1. The Labute approximate surface area is 215 Å². The van der Waals surface area contributed by atoms with Crippen molar-refractivity contribution in [2.75, 3.05) is 25.2 Å². The lowest BCUT2D eigenvalue weighted by atomic mass is 9.72. The number of nitrogens with zero attached hydrogens (tertiary/aromatic N) is 2. The monoisotopic (exact) mass is 513 g/mol. The maximum Gasteiger partial charge on any atom is 0.413 e. The Morgan fingerprint density at radius 1 is 1.24 bits per heavy atom. The van der Waals surface area contributed by atoms with E-state index in [0.717, 1.165) is 24.1 Å². The molecule has 1 aliphatic heterocycles. The normalized spacial score (nSPS) is 19.3. The molecule has 4 rings (SSSR count). The number of fused-ring (bicyclic) bond motifs is 1. The molecule has 2 aliphatic rings. The third-order valence-electron chi connectivity index (χ3n) is 7.00. The van der Waals surface area contributed by atoms with Gasteiger partial charge in [-0.3, -0.25) is 14.5 Å². The van der Waals surface area contributed by atoms with Gasteiger partial charge in [-0.15, -0.1) is 0 Å². The van der Waals surface area contributed by atoms with Crippen LogP contribution in [0.4, 0.5) is 15.0 Å². The number of rotatable bonds is 9. The lowest BCUT2D eigenvalue weighted by Crippen LogP contribution is -2.41. The number of carboxylic acid groups (broad SMARTS) is 1. The van der Waals surface area contributed by atoms with Gasteiger partial charge in [0, 0.05) is 18.2 Å². The van der Waals surface area contributed by atoms with E-state index < -0.39 is 23.9 Å². The lowest BCUT2D eigenvalue weighted by Gasteiger charge is -2.35. The van der Waals surface area contributed by atoms with Crippen molar-refractivity contribution in [3.8, 4) is 5.75 Å². The molecule has 1 fully saturated rings. The van der Waals surface area contributed by atoms with Crippen LogP contribution in [0, 0.1) is 17.7 Å². The Morgan fingerprint density at radius 3 is 2.70 bits per heavy atom. The van der Waals surface area contributed by atoms with Crippen molar-refractivity contribution in [2.24, 2.45) is 11.8 Å². The second-order valence-corrected chi connectivity index (χ2v) is 9.53. The van der Waals surface area contributed by atoms with Crippen LogP contribution in [0.3, 0.4) is 0 Å². The highest BCUT2D eigenvalue weighted by Crippen LogP contribution is 2.37. The standard InChI is InChI=1S/C27H32FN3O6/c1-3-37-24(32)15-22(18-7-9-23(36-2)21(28)14-18)30-26(33)19-11-16(12-19)13-20-8-6-17-5-4-10-31(27(34)35)25(17)29-20/h6-9,14,16,19,22H,3-5,10-13,15H2,1-2H3,(H,30,33)(H,34,35)/t16?,19?,22-/m0/s1. The number of carbonyl (C=O) groups is 3. The zero-order chi connectivity index (χ0) is 26.5. The summed E-state index contributed by atoms with van der Waals surface area (Å²) in [5, 5.41) is 12.4. The van der Waals surface area contributed by atoms with E-state index in [1.54, 1.807) is 13.0 Å². The Kier molecular flexibility index (Phi) is 8.25. The molecule has 1 aromatic carbocycles. The summed E-state index contributed by atoms with van der Waals surface area (Å²) >= 11 is 0. The van der Waals surface area contributed by atoms with E-state index in [1.807, 2.05) is 12.1 Å². The number of benzene rings is 1. The van der Waals surface area contributed by atoms with Gasteiger partial charge in [0.2, 0.25) is 5.91 Å². The maximum atomic E-state index is 14.3. The molecule has 0 saturated heterocycles. The molecule has 0 bridgehead atoms. The van der Waals surface area contributed by atoms with E-state index in [1.165, 1.54) is 24.1 Å². The van der Waals surface area contributed by atoms with Crippen molar-refractivity contribution in [1.29, 1.82) is 0 Å².